The van der Waals surface area contributed by atoms with Gasteiger partial charge in [0.15, 0.2) is 0 Å². The molecule has 3 aromatic carbocycles. The number of rotatable bonds is 8. The number of aryl methyl sites for hydroxylation is 2. The van der Waals surface area contributed by atoms with E-state index in [0.717, 1.165) is 18.0 Å². The molecule has 0 heterocycles. The first-order valence-electron chi connectivity index (χ1n) is 8.91. The van der Waals surface area contributed by atoms with Crippen molar-refractivity contribution >= 4 is 5.69 Å². The summed E-state index contributed by atoms with van der Waals surface area (Å²) in [5.41, 5.74) is 4.93. The Labute approximate surface area is 155 Å². The molecule has 0 saturated carbocycles. The van der Waals surface area contributed by atoms with Gasteiger partial charge in [-0.05, 0) is 60.9 Å². The maximum Gasteiger partial charge on any atom is 0.122 e. The summed E-state index contributed by atoms with van der Waals surface area (Å²) in [6.45, 7) is 6.07. The predicted molar refractivity (Wildman–Crippen MR) is 107 cm³/mol. The van der Waals surface area contributed by atoms with Gasteiger partial charge in [-0.2, -0.15) is 0 Å². The first-order chi connectivity index (χ1) is 12.7. The number of hydrogen-bond donors (Lipinski definition) is 1. The van der Waals surface area contributed by atoms with Crippen LogP contribution in [0, 0.1) is 13.8 Å². The van der Waals surface area contributed by atoms with Crippen LogP contribution in [-0.4, -0.2) is 13.2 Å². The summed E-state index contributed by atoms with van der Waals surface area (Å²) in [6, 6.07) is 24.4. The lowest BCUT2D eigenvalue weighted by molar-refractivity contribution is 0.217. The number of anilines is 1. The van der Waals surface area contributed by atoms with Crippen LogP contribution in [0.3, 0.4) is 0 Å². The van der Waals surface area contributed by atoms with Crippen molar-refractivity contribution in [2.75, 3.05) is 18.5 Å². The molecule has 0 atom stereocenters. The molecule has 0 aliphatic rings. The van der Waals surface area contributed by atoms with E-state index in [4.69, 9.17) is 9.47 Å². The summed E-state index contributed by atoms with van der Waals surface area (Å²) in [6.07, 6.45) is 0. The Hall–Kier alpha value is -2.94. The fourth-order valence-corrected chi connectivity index (χ4v) is 2.66. The summed E-state index contributed by atoms with van der Waals surface area (Å²) in [7, 11) is 0. The fraction of sp³-hybridized carbons (Fsp3) is 0.217. The molecule has 0 aromatic heterocycles. The van der Waals surface area contributed by atoms with Gasteiger partial charge in [0.05, 0.1) is 0 Å². The van der Waals surface area contributed by atoms with Crippen molar-refractivity contribution < 1.29 is 9.47 Å². The van der Waals surface area contributed by atoms with E-state index in [1.807, 2.05) is 42.5 Å². The van der Waals surface area contributed by atoms with Crippen LogP contribution >= 0.6 is 0 Å². The molecular weight excluding hydrogens is 322 g/mol. The third-order valence-electron chi connectivity index (χ3n) is 4.16. The van der Waals surface area contributed by atoms with Crippen molar-refractivity contribution in [1.82, 2.24) is 0 Å². The Morgan fingerprint density at radius 1 is 0.731 bits per heavy atom. The maximum atomic E-state index is 5.73. The van der Waals surface area contributed by atoms with Crippen molar-refractivity contribution in [3.63, 3.8) is 0 Å². The molecule has 0 spiro atoms. The monoisotopic (exact) mass is 347 g/mol. The zero-order chi connectivity index (χ0) is 18.2. The second-order valence-electron chi connectivity index (χ2n) is 6.33. The molecule has 0 amide bonds. The lowest BCUT2D eigenvalue weighted by atomic mass is 10.1. The van der Waals surface area contributed by atoms with Gasteiger partial charge in [0.25, 0.3) is 0 Å². The highest BCUT2D eigenvalue weighted by Crippen LogP contribution is 2.18. The number of hydrogen-bond acceptors (Lipinski definition) is 3. The summed E-state index contributed by atoms with van der Waals surface area (Å²) in [4.78, 5) is 0. The molecule has 0 bridgehead atoms. The Bertz CT molecular complexity index is 813. The number of benzene rings is 3. The van der Waals surface area contributed by atoms with Crippen LogP contribution in [0.4, 0.5) is 5.69 Å². The molecule has 0 unspecified atom stereocenters. The first kappa shape index (κ1) is 17.9. The molecule has 134 valence electrons. The van der Waals surface area contributed by atoms with Crippen LogP contribution < -0.4 is 14.8 Å². The van der Waals surface area contributed by atoms with Crippen LogP contribution in [0.25, 0.3) is 0 Å². The first-order valence-corrected chi connectivity index (χ1v) is 8.91. The van der Waals surface area contributed by atoms with Crippen LogP contribution in [0.2, 0.25) is 0 Å². The SMILES string of the molecule is Cc1ccc(C)c(NCc2ccc(OCCOc3ccccc3)cc2)c1. The third-order valence-corrected chi connectivity index (χ3v) is 4.16. The van der Waals surface area contributed by atoms with Crippen LogP contribution in [0.15, 0.2) is 72.8 Å². The van der Waals surface area contributed by atoms with E-state index >= 15 is 0 Å². The minimum Gasteiger partial charge on any atom is -0.490 e. The second-order valence-corrected chi connectivity index (χ2v) is 6.33. The van der Waals surface area contributed by atoms with E-state index in [-0.39, 0.29) is 0 Å². The van der Waals surface area contributed by atoms with Gasteiger partial charge in [0, 0.05) is 12.2 Å². The van der Waals surface area contributed by atoms with Gasteiger partial charge in [-0.15, -0.1) is 0 Å². The summed E-state index contributed by atoms with van der Waals surface area (Å²) in [5, 5.41) is 3.50. The molecule has 0 aliphatic carbocycles. The summed E-state index contributed by atoms with van der Waals surface area (Å²) >= 11 is 0. The molecule has 0 aliphatic heterocycles. The van der Waals surface area contributed by atoms with Crippen molar-refractivity contribution in [3.8, 4) is 11.5 Å². The Morgan fingerprint density at radius 3 is 2.08 bits per heavy atom. The standard InChI is InChI=1S/C23H25NO2/c1-18-8-9-19(2)23(16-18)24-17-20-10-12-22(13-11-20)26-15-14-25-21-6-4-3-5-7-21/h3-13,16,24H,14-15,17H2,1-2H3. The number of ether oxygens (including phenoxy) is 2. The van der Waals surface area contributed by atoms with Crippen LogP contribution in [-0.2, 0) is 6.54 Å². The quantitative estimate of drug-likeness (QED) is 0.555. The Balaban J connectivity index is 1.44. The largest absolute Gasteiger partial charge is 0.490 e. The van der Waals surface area contributed by atoms with E-state index in [0.29, 0.717) is 13.2 Å². The highest BCUT2D eigenvalue weighted by atomic mass is 16.5. The van der Waals surface area contributed by atoms with Gasteiger partial charge in [-0.3, -0.25) is 0 Å². The lowest BCUT2D eigenvalue weighted by Crippen LogP contribution is -2.09. The minimum absolute atomic E-state index is 0.523. The van der Waals surface area contributed by atoms with Crippen molar-refractivity contribution in [2.24, 2.45) is 0 Å². The van der Waals surface area contributed by atoms with Gasteiger partial charge in [-0.25, -0.2) is 0 Å². The smallest absolute Gasteiger partial charge is 0.122 e. The normalized spacial score (nSPS) is 10.4. The topological polar surface area (TPSA) is 30.5 Å². The molecule has 3 aromatic rings. The van der Waals surface area contributed by atoms with Crippen LogP contribution in [0.5, 0.6) is 11.5 Å². The highest BCUT2D eigenvalue weighted by Gasteiger charge is 2.00. The van der Waals surface area contributed by atoms with E-state index in [9.17, 15) is 0 Å². The Morgan fingerprint density at radius 2 is 1.38 bits per heavy atom. The average molecular weight is 347 g/mol. The zero-order valence-corrected chi connectivity index (χ0v) is 15.4. The molecule has 3 heteroatoms. The molecule has 1 N–H and O–H groups in total. The van der Waals surface area contributed by atoms with Crippen molar-refractivity contribution in [3.05, 3.63) is 89.5 Å². The lowest BCUT2D eigenvalue weighted by Gasteiger charge is -2.12. The highest BCUT2D eigenvalue weighted by molar-refractivity contribution is 5.52. The molecule has 0 fully saturated rings. The summed E-state index contributed by atoms with van der Waals surface area (Å²) in [5.74, 6) is 1.72. The number of nitrogens with one attached hydrogen (secondary N) is 1. The van der Waals surface area contributed by atoms with Crippen molar-refractivity contribution in [1.29, 1.82) is 0 Å². The average Bonchev–Trinajstić information content (AvgIpc) is 2.68. The van der Waals surface area contributed by atoms with Gasteiger partial charge >= 0.3 is 0 Å². The predicted octanol–water partition coefficient (Wildman–Crippen LogP) is 5.37. The molecule has 26 heavy (non-hydrogen) atoms. The minimum atomic E-state index is 0.523. The van der Waals surface area contributed by atoms with Gasteiger partial charge in [0.1, 0.15) is 24.7 Å². The molecule has 3 nitrogen and oxygen atoms in total. The third kappa shape index (κ3) is 5.28. The van der Waals surface area contributed by atoms with Crippen molar-refractivity contribution in [2.45, 2.75) is 20.4 Å². The van der Waals surface area contributed by atoms with Gasteiger partial charge in [0.2, 0.25) is 0 Å². The number of para-hydroxylation sites is 1. The van der Waals surface area contributed by atoms with Gasteiger partial charge in [-0.1, -0.05) is 42.5 Å². The van der Waals surface area contributed by atoms with E-state index in [1.165, 1.54) is 22.4 Å². The van der Waals surface area contributed by atoms with Gasteiger partial charge < -0.3 is 14.8 Å². The molecule has 0 radical (unpaired) electrons. The second kappa shape index (κ2) is 8.95. The van der Waals surface area contributed by atoms with E-state index in [2.05, 4.69) is 49.5 Å². The van der Waals surface area contributed by atoms with E-state index in [1.54, 1.807) is 0 Å². The zero-order valence-electron chi connectivity index (χ0n) is 15.4. The molecule has 3 rings (SSSR count). The molecular formula is C23H25NO2. The Kier molecular flexibility index (Phi) is 6.15. The maximum absolute atomic E-state index is 5.73. The fourth-order valence-electron chi connectivity index (χ4n) is 2.66. The molecule has 0 saturated heterocycles. The van der Waals surface area contributed by atoms with E-state index < -0.39 is 0 Å². The van der Waals surface area contributed by atoms with Crippen LogP contribution in [0.1, 0.15) is 16.7 Å². The summed E-state index contributed by atoms with van der Waals surface area (Å²) < 4.78 is 11.4.